The number of carbonyl (C=O) groups excluding carboxylic acids is 2. The second-order valence-electron chi connectivity index (χ2n) is 11.6. The molecular weight excluding hydrogens is 586 g/mol. The molecule has 11 heteroatoms. The van der Waals surface area contributed by atoms with Gasteiger partial charge in [-0.1, -0.05) is 18.2 Å². The van der Waals surface area contributed by atoms with Crippen molar-refractivity contribution in [2.45, 2.75) is 63.8 Å². The molecule has 45 heavy (non-hydrogen) atoms. The fraction of sp³-hybridized carbons (Fsp3) is 0.382. The number of carbonyl (C=O) groups is 2. The van der Waals surface area contributed by atoms with Gasteiger partial charge < -0.3 is 29.4 Å². The van der Waals surface area contributed by atoms with E-state index >= 15 is 0 Å². The maximum Gasteiger partial charge on any atom is 0.306 e. The van der Waals surface area contributed by atoms with Gasteiger partial charge in [-0.05, 0) is 75.2 Å². The molecule has 9 nitrogen and oxygen atoms in total. The predicted octanol–water partition coefficient (Wildman–Crippen LogP) is 5.43. The van der Waals surface area contributed by atoms with E-state index in [0.29, 0.717) is 35.7 Å². The van der Waals surface area contributed by atoms with E-state index < -0.39 is 40.8 Å². The van der Waals surface area contributed by atoms with Gasteiger partial charge in [0.05, 0.1) is 13.7 Å². The highest BCUT2D eigenvalue weighted by atomic mass is 19.1. The van der Waals surface area contributed by atoms with Crippen molar-refractivity contribution in [3.05, 3.63) is 95.1 Å². The van der Waals surface area contributed by atoms with Crippen LogP contribution in [0.3, 0.4) is 0 Å². The Bertz CT molecular complexity index is 1520. The number of aliphatic imine (C=N–C) groups is 1. The molecule has 0 aromatic heterocycles. The Morgan fingerprint density at radius 3 is 2.47 bits per heavy atom. The van der Waals surface area contributed by atoms with E-state index in [4.69, 9.17) is 29.0 Å². The van der Waals surface area contributed by atoms with E-state index in [1.54, 1.807) is 69.3 Å². The molecular formula is C34H38F2N2O7. The van der Waals surface area contributed by atoms with Gasteiger partial charge in [0.2, 0.25) is 5.90 Å². The third kappa shape index (κ3) is 8.57. The molecule has 0 aliphatic carbocycles. The van der Waals surface area contributed by atoms with Crippen molar-refractivity contribution in [3.63, 3.8) is 0 Å². The highest BCUT2D eigenvalue weighted by Crippen LogP contribution is 2.44. The molecule has 1 aliphatic heterocycles. The van der Waals surface area contributed by atoms with Crippen LogP contribution in [-0.4, -0.2) is 54.3 Å². The Kier molecular flexibility index (Phi) is 10.8. The van der Waals surface area contributed by atoms with Gasteiger partial charge in [-0.15, -0.1) is 0 Å². The summed E-state index contributed by atoms with van der Waals surface area (Å²) in [5.74, 6) is -1.46. The van der Waals surface area contributed by atoms with Crippen LogP contribution < -0.4 is 14.8 Å². The summed E-state index contributed by atoms with van der Waals surface area (Å²) in [7, 11) is 1.51. The number of halogens is 2. The molecule has 3 aromatic carbocycles. The summed E-state index contributed by atoms with van der Waals surface area (Å²) in [6.45, 7) is 5.33. The number of methoxy groups -OCH3 is 1. The number of aliphatic hydroxyl groups excluding tert-OH is 1. The summed E-state index contributed by atoms with van der Waals surface area (Å²) in [6, 6.07) is 17.0. The lowest BCUT2D eigenvalue weighted by Gasteiger charge is -2.31. The topological polar surface area (TPSA) is 116 Å². The number of aliphatic hydroxyl groups is 1. The molecule has 2 atom stereocenters. The summed E-state index contributed by atoms with van der Waals surface area (Å²) in [5.41, 5.74) is -1.26. The van der Waals surface area contributed by atoms with E-state index in [1.807, 2.05) is 0 Å². The molecule has 4 rings (SSSR count). The van der Waals surface area contributed by atoms with Crippen LogP contribution in [0.5, 0.6) is 11.5 Å². The first kappa shape index (κ1) is 33.4. The van der Waals surface area contributed by atoms with Crippen LogP contribution in [0.25, 0.3) is 0 Å². The van der Waals surface area contributed by atoms with Gasteiger partial charge in [0.25, 0.3) is 5.91 Å². The lowest BCUT2D eigenvalue weighted by Crippen LogP contribution is -2.48. The first-order valence-corrected chi connectivity index (χ1v) is 14.6. The van der Waals surface area contributed by atoms with E-state index in [9.17, 15) is 18.4 Å². The molecule has 0 spiro atoms. The fourth-order valence-corrected chi connectivity index (χ4v) is 4.85. The Labute approximate surface area is 261 Å². The van der Waals surface area contributed by atoms with E-state index in [-0.39, 0.29) is 37.5 Å². The molecule has 0 radical (unpaired) electrons. The molecule has 1 aliphatic rings. The Morgan fingerprint density at radius 2 is 1.80 bits per heavy atom. The van der Waals surface area contributed by atoms with Gasteiger partial charge in [0.1, 0.15) is 28.7 Å². The minimum absolute atomic E-state index is 0.00956. The molecule has 0 unspecified atom stereocenters. The number of nitrogens with one attached hydrogen (secondary N) is 1. The smallest absolute Gasteiger partial charge is 0.306 e. The maximum atomic E-state index is 14.5. The minimum Gasteiger partial charge on any atom is -0.497 e. The monoisotopic (exact) mass is 624 g/mol. The molecule has 240 valence electrons. The molecule has 1 heterocycles. The molecule has 0 saturated heterocycles. The Morgan fingerprint density at radius 1 is 1.04 bits per heavy atom. The number of amides is 1. The minimum atomic E-state index is -1.69. The van der Waals surface area contributed by atoms with Crippen LogP contribution in [0.15, 0.2) is 71.7 Å². The lowest BCUT2D eigenvalue weighted by molar-refractivity contribution is -0.155. The standard InChI is InChI=1S/C34H38F2N2O7/c1-33(2,3)45-29(40)15-16-34(32(41)37-21-24-9-12-25(35)20-28(24)36)30(23-7-5-8-27(19-23)42-4)44-31(38-34)22-10-13-26(14-11-22)43-18-6-17-39/h5,7-14,19-20,30,39H,6,15-18,21H2,1-4H3,(H,37,41)/t30-,34-/m1/s1. The van der Waals surface area contributed by atoms with Gasteiger partial charge in [-0.25, -0.2) is 13.8 Å². The van der Waals surface area contributed by atoms with Crippen LogP contribution in [0.4, 0.5) is 8.78 Å². The van der Waals surface area contributed by atoms with Crippen molar-refractivity contribution >= 4 is 17.8 Å². The maximum absolute atomic E-state index is 14.5. The van der Waals surface area contributed by atoms with Crippen LogP contribution in [-0.2, 0) is 25.6 Å². The van der Waals surface area contributed by atoms with Crippen molar-refractivity contribution in [3.8, 4) is 11.5 Å². The number of esters is 1. The van der Waals surface area contributed by atoms with E-state index in [1.165, 1.54) is 13.2 Å². The Balaban J connectivity index is 1.75. The van der Waals surface area contributed by atoms with Crippen molar-refractivity contribution in [1.82, 2.24) is 5.32 Å². The van der Waals surface area contributed by atoms with Crippen molar-refractivity contribution in [2.24, 2.45) is 4.99 Å². The van der Waals surface area contributed by atoms with Gasteiger partial charge in [-0.2, -0.15) is 0 Å². The average molecular weight is 625 g/mol. The highest BCUT2D eigenvalue weighted by molar-refractivity contribution is 6.01. The van der Waals surface area contributed by atoms with Gasteiger partial charge in [-0.3, -0.25) is 9.59 Å². The summed E-state index contributed by atoms with van der Waals surface area (Å²) in [4.78, 5) is 31.9. The highest BCUT2D eigenvalue weighted by Gasteiger charge is 2.53. The van der Waals surface area contributed by atoms with Crippen molar-refractivity contribution < 1.29 is 42.4 Å². The third-order valence-corrected chi connectivity index (χ3v) is 7.01. The molecule has 2 N–H and O–H groups in total. The van der Waals surface area contributed by atoms with Gasteiger partial charge in [0.15, 0.2) is 11.6 Å². The molecule has 0 bridgehead atoms. The number of nitrogens with zero attached hydrogens (tertiary/aromatic N) is 1. The largest absolute Gasteiger partial charge is 0.497 e. The summed E-state index contributed by atoms with van der Waals surface area (Å²) < 4.78 is 51.0. The van der Waals surface area contributed by atoms with Crippen LogP contribution >= 0.6 is 0 Å². The van der Waals surface area contributed by atoms with Crippen LogP contribution in [0.2, 0.25) is 0 Å². The van der Waals surface area contributed by atoms with Gasteiger partial charge in [0, 0.05) is 43.2 Å². The van der Waals surface area contributed by atoms with E-state index in [0.717, 1.165) is 12.1 Å². The zero-order chi connectivity index (χ0) is 32.6. The zero-order valence-electron chi connectivity index (χ0n) is 25.8. The molecule has 3 aromatic rings. The Hall–Kier alpha value is -4.51. The quantitative estimate of drug-likeness (QED) is 0.193. The second kappa shape index (κ2) is 14.5. The van der Waals surface area contributed by atoms with Crippen molar-refractivity contribution in [2.75, 3.05) is 20.3 Å². The zero-order valence-corrected chi connectivity index (χ0v) is 25.8. The van der Waals surface area contributed by atoms with Gasteiger partial charge >= 0.3 is 5.97 Å². The first-order chi connectivity index (χ1) is 21.4. The number of rotatable bonds is 13. The average Bonchev–Trinajstić information content (AvgIpc) is 3.40. The SMILES string of the molecule is COc1cccc([C@H]2OC(c3ccc(OCCCO)cc3)=N[C@@]2(CCC(=O)OC(C)(C)C)C(=O)NCc2ccc(F)cc2F)c1. The number of benzene rings is 3. The second-order valence-corrected chi connectivity index (χ2v) is 11.6. The summed E-state index contributed by atoms with van der Waals surface area (Å²) >= 11 is 0. The molecule has 1 amide bonds. The van der Waals surface area contributed by atoms with Crippen LogP contribution in [0, 0.1) is 11.6 Å². The summed E-state index contributed by atoms with van der Waals surface area (Å²) in [5, 5.41) is 11.8. The van der Waals surface area contributed by atoms with Crippen LogP contribution in [0.1, 0.15) is 62.8 Å². The van der Waals surface area contributed by atoms with Crippen molar-refractivity contribution in [1.29, 1.82) is 0 Å². The lowest BCUT2D eigenvalue weighted by atomic mass is 9.83. The predicted molar refractivity (Wildman–Crippen MR) is 163 cm³/mol. The number of hydrogen-bond acceptors (Lipinski definition) is 8. The normalized spacial score (nSPS) is 17.7. The number of ether oxygens (including phenoxy) is 4. The summed E-state index contributed by atoms with van der Waals surface area (Å²) in [6.07, 6.45) is -0.804. The van der Waals surface area contributed by atoms with E-state index in [2.05, 4.69) is 5.32 Å². The fourth-order valence-electron chi connectivity index (χ4n) is 4.85. The molecule has 0 saturated carbocycles. The molecule has 0 fully saturated rings. The third-order valence-electron chi connectivity index (χ3n) is 7.01. The first-order valence-electron chi connectivity index (χ1n) is 14.6. The number of hydrogen-bond donors (Lipinski definition) is 2.